The van der Waals surface area contributed by atoms with Crippen molar-refractivity contribution < 1.29 is 9.47 Å². The third kappa shape index (κ3) is 2.89. The second-order valence-electron chi connectivity index (χ2n) is 5.89. The first-order valence-electron chi connectivity index (χ1n) is 7.92. The van der Waals surface area contributed by atoms with Gasteiger partial charge in [0.25, 0.3) is 0 Å². The second kappa shape index (κ2) is 6.13. The average Bonchev–Trinajstić information content (AvgIpc) is 3.28. The van der Waals surface area contributed by atoms with Crippen LogP contribution < -0.4 is 4.90 Å². The molecule has 2 aliphatic rings. The number of anilines is 1. The van der Waals surface area contributed by atoms with E-state index >= 15 is 0 Å². The summed E-state index contributed by atoms with van der Waals surface area (Å²) in [5, 5.41) is 15.9. The van der Waals surface area contributed by atoms with Gasteiger partial charge in [-0.25, -0.2) is 0 Å². The molecule has 2 saturated heterocycles. The van der Waals surface area contributed by atoms with Crippen LogP contribution in [0.25, 0.3) is 5.65 Å². The molecule has 118 valence electrons. The number of hydrogen-bond donors (Lipinski definition) is 0. The van der Waals surface area contributed by atoms with Crippen LogP contribution in [0.2, 0.25) is 0 Å². The SMILES string of the molecule is c1cc2nnnn2nc1N(C[C@H]1CCCO1)C[C@H]1CCCO1. The topological polar surface area (TPSA) is 77.7 Å². The van der Waals surface area contributed by atoms with E-state index in [0.29, 0.717) is 5.65 Å². The fourth-order valence-electron chi connectivity index (χ4n) is 3.14. The molecular formula is C14H20N6O2. The van der Waals surface area contributed by atoms with Gasteiger partial charge in [-0.15, -0.1) is 14.8 Å². The van der Waals surface area contributed by atoms with Crippen LogP contribution in [0.15, 0.2) is 12.1 Å². The molecule has 2 aromatic rings. The molecule has 0 amide bonds. The number of nitrogens with zero attached hydrogens (tertiary/aromatic N) is 6. The number of ether oxygens (including phenoxy) is 2. The van der Waals surface area contributed by atoms with Crippen LogP contribution in [-0.2, 0) is 9.47 Å². The van der Waals surface area contributed by atoms with E-state index in [-0.39, 0.29) is 12.2 Å². The average molecular weight is 304 g/mol. The van der Waals surface area contributed by atoms with Crippen molar-refractivity contribution in [3.05, 3.63) is 12.1 Å². The Hall–Kier alpha value is -1.80. The molecule has 0 unspecified atom stereocenters. The van der Waals surface area contributed by atoms with Crippen molar-refractivity contribution >= 4 is 11.5 Å². The number of fused-ring (bicyclic) bond motifs is 1. The lowest BCUT2D eigenvalue weighted by atomic mass is 10.2. The van der Waals surface area contributed by atoms with Crippen molar-refractivity contribution in [2.75, 3.05) is 31.2 Å². The normalized spacial score (nSPS) is 25.1. The first-order chi connectivity index (χ1) is 10.9. The summed E-state index contributed by atoms with van der Waals surface area (Å²) < 4.78 is 13.0. The van der Waals surface area contributed by atoms with E-state index in [1.54, 1.807) is 0 Å². The van der Waals surface area contributed by atoms with Crippen molar-refractivity contribution in [3.8, 4) is 0 Å². The van der Waals surface area contributed by atoms with Gasteiger partial charge in [0.1, 0.15) is 0 Å². The van der Waals surface area contributed by atoms with Gasteiger partial charge in [0, 0.05) is 26.3 Å². The molecule has 0 aliphatic carbocycles. The summed E-state index contributed by atoms with van der Waals surface area (Å²) in [6.45, 7) is 3.39. The molecule has 2 aliphatic heterocycles. The maximum atomic E-state index is 5.78. The number of rotatable bonds is 5. The van der Waals surface area contributed by atoms with Gasteiger partial charge in [0.05, 0.1) is 12.2 Å². The van der Waals surface area contributed by atoms with Gasteiger partial charge in [0.2, 0.25) is 0 Å². The van der Waals surface area contributed by atoms with Crippen LogP contribution in [0, 0.1) is 0 Å². The van der Waals surface area contributed by atoms with Gasteiger partial charge in [-0.2, -0.15) is 0 Å². The number of aromatic nitrogens is 5. The van der Waals surface area contributed by atoms with Gasteiger partial charge in [-0.3, -0.25) is 0 Å². The van der Waals surface area contributed by atoms with E-state index in [0.717, 1.165) is 57.8 Å². The predicted molar refractivity (Wildman–Crippen MR) is 78.7 cm³/mol. The molecule has 8 heteroatoms. The fourth-order valence-corrected chi connectivity index (χ4v) is 3.14. The summed E-state index contributed by atoms with van der Waals surface area (Å²) in [6, 6.07) is 3.86. The zero-order chi connectivity index (χ0) is 14.8. The minimum Gasteiger partial charge on any atom is -0.376 e. The molecule has 2 atom stereocenters. The lowest BCUT2D eigenvalue weighted by Gasteiger charge is -2.28. The summed E-state index contributed by atoms with van der Waals surface area (Å²) >= 11 is 0. The summed E-state index contributed by atoms with van der Waals surface area (Å²) in [4.78, 5) is 2.24. The van der Waals surface area contributed by atoms with Crippen LogP contribution in [0.1, 0.15) is 25.7 Å². The molecule has 0 N–H and O–H groups in total. The minimum absolute atomic E-state index is 0.271. The molecule has 0 bridgehead atoms. The fraction of sp³-hybridized carbons (Fsp3) is 0.714. The zero-order valence-electron chi connectivity index (χ0n) is 12.5. The van der Waals surface area contributed by atoms with Crippen molar-refractivity contribution in [2.24, 2.45) is 0 Å². The van der Waals surface area contributed by atoms with Crippen LogP contribution in [0.4, 0.5) is 5.82 Å². The van der Waals surface area contributed by atoms with Crippen LogP contribution in [-0.4, -0.2) is 63.8 Å². The maximum Gasteiger partial charge on any atom is 0.200 e. The third-order valence-corrected chi connectivity index (χ3v) is 4.28. The Kier molecular flexibility index (Phi) is 3.86. The Morgan fingerprint density at radius 3 is 2.45 bits per heavy atom. The Labute approximate surface area is 128 Å². The highest BCUT2D eigenvalue weighted by atomic mass is 16.5. The molecule has 4 rings (SSSR count). The predicted octanol–water partition coefficient (Wildman–Crippen LogP) is 0.684. The molecule has 2 fully saturated rings. The molecule has 22 heavy (non-hydrogen) atoms. The lowest BCUT2D eigenvalue weighted by Crippen LogP contribution is -2.38. The highest BCUT2D eigenvalue weighted by Crippen LogP contribution is 2.21. The van der Waals surface area contributed by atoms with E-state index in [1.807, 2.05) is 12.1 Å². The van der Waals surface area contributed by atoms with Gasteiger partial charge >= 0.3 is 0 Å². The largest absolute Gasteiger partial charge is 0.376 e. The number of hydrogen-bond acceptors (Lipinski definition) is 7. The smallest absolute Gasteiger partial charge is 0.200 e. The van der Waals surface area contributed by atoms with E-state index in [9.17, 15) is 0 Å². The first-order valence-corrected chi connectivity index (χ1v) is 7.92. The highest BCUT2D eigenvalue weighted by molar-refractivity contribution is 5.44. The summed E-state index contributed by atoms with van der Waals surface area (Å²) in [6.07, 6.45) is 5.03. The van der Waals surface area contributed by atoms with Crippen LogP contribution in [0.3, 0.4) is 0 Å². The van der Waals surface area contributed by atoms with Gasteiger partial charge < -0.3 is 14.4 Å². The van der Waals surface area contributed by atoms with Gasteiger partial charge in [-0.05, 0) is 48.2 Å². The number of tetrazole rings is 1. The highest BCUT2D eigenvalue weighted by Gasteiger charge is 2.25. The molecule has 0 radical (unpaired) electrons. The second-order valence-corrected chi connectivity index (χ2v) is 5.89. The minimum atomic E-state index is 0.271. The molecule has 0 aromatic carbocycles. The van der Waals surface area contributed by atoms with Crippen LogP contribution in [0.5, 0.6) is 0 Å². The van der Waals surface area contributed by atoms with E-state index in [2.05, 4.69) is 25.5 Å². The maximum absolute atomic E-state index is 5.78. The van der Waals surface area contributed by atoms with Crippen LogP contribution >= 0.6 is 0 Å². The zero-order valence-corrected chi connectivity index (χ0v) is 12.5. The Balaban J connectivity index is 1.55. The summed E-state index contributed by atoms with van der Waals surface area (Å²) in [5.41, 5.74) is 0.651. The standard InChI is InChI=1S/C14H20N6O2/c1-3-11(21-7-1)9-19(10-12-4-2-8-22-12)14-6-5-13-15-17-18-20(13)16-14/h5-6,11-12H,1-4,7-10H2/t11-,12-/m1/s1. The molecule has 4 heterocycles. The third-order valence-electron chi connectivity index (χ3n) is 4.28. The molecular weight excluding hydrogens is 284 g/mol. The first kappa shape index (κ1) is 13.8. The quantitative estimate of drug-likeness (QED) is 0.804. The monoisotopic (exact) mass is 304 g/mol. The van der Waals surface area contributed by atoms with Crippen molar-refractivity contribution in [1.29, 1.82) is 0 Å². The Morgan fingerprint density at radius 1 is 1.09 bits per heavy atom. The molecule has 8 nitrogen and oxygen atoms in total. The van der Waals surface area contributed by atoms with Gasteiger partial charge in [0.15, 0.2) is 11.5 Å². The molecule has 0 saturated carbocycles. The van der Waals surface area contributed by atoms with Crippen molar-refractivity contribution in [1.82, 2.24) is 25.3 Å². The summed E-state index contributed by atoms with van der Waals surface area (Å²) in [5.74, 6) is 0.866. The van der Waals surface area contributed by atoms with E-state index in [1.165, 1.54) is 4.63 Å². The summed E-state index contributed by atoms with van der Waals surface area (Å²) in [7, 11) is 0. The van der Waals surface area contributed by atoms with Crippen molar-refractivity contribution in [2.45, 2.75) is 37.9 Å². The molecule has 0 spiro atoms. The molecule has 2 aromatic heterocycles. The lowest BCUT2D eigenvalue weighted by molar-refractivity contribution is 0.0995. The van der Waals surface area contributed by atoms with E-state index < -0.39 is 0 Å². The Bertz CT molecular complexity index is 603. The van der Waals surface area contributed by atoms with E-state index in [4.69, 9.17) is 9.47 Å². The Morgan fingerprint density at radius 2 is 1.82 bits per heavy atom. The van der Waals surface area contributed by atoms with Crippen molar-refractivity contribution in [3.63, 3.8) is 0 Å². The van der Waals surface area contributed by atoms with Gasteiger partial charge in [-0.1, -0.05) is 0 Å².